The number of benzene rings is 1. The molecule has 8 heteroatoms. The van der Waals surface area contributed by atoms with Crippen LogP contribution in [0, 0.1) is 0 Å². The van der Waals surface area contributed by atoms with E-state index in [9.17, 15) is 14.4 Å². The number of carbonyl (C=O) groups excluding carboxylic acids is 3. The van der Waals surface area contributed by atoms with E-state index < -0.39 is 29.6 Å². The minimum Gasteiger partial charge on any atom is -0.449 e. The molecule has 0 aliphatic heterocycles. The molecule has 0 saturated heterocycles. The lowest BCUT2D eigenvalue weighted by molar-refractivity contribution is -0.149. The summed E-state index contributed by atoms with van der Waals surface area (Å²) in [5, 5.41) is 5.38. The van der Waals surface area contributed by atoms with Gasteiger partial charge in [0.2, 0.25) is 0 Å². The summed E-state index contributed by atoms with van der Waals surface area (Å²) in [6.45, 7) is 6.75. The van der Waals surface area contributed by atoms with E-state index >= 15 is 0 Å². The Morgan fingerprint density at radius 1 is 1.23 bits per heavy atom. The number of esters is 1. The summed E-state index contributed by atoms with van der Waals surface area (Å²) in [6.07, 6.45) is 1.63. The smallest absolute Gasteiger partial charge is 0.331 e. The molecule has 0 spiro atoms. The molecule has 26 heavy (non-hydrogen) atoms. The molecule has 0 bridgehead atoms. The fraction of sp³-hybridized carbons (Fsp3) is 0.333. The van der Waals surface area contributed by atoms with Crippen molar-refractivity contribution in [3.63, 3.8) is 0 Å². The number of ether oxygens (including phenoxy) is 1. The van der Waals surface area contributed by atoms with E-state index in [4.69, 9.17) is 4.74 Å². The molecule has 1 heterocycles. The summed E-state index contributed by atoms with van der Waals surface area (Å²) in [5.74, 6) is -1.39. The van der Waals surface area contributed by atoms with E-state index in [1.807, 2.05) is 24.3 Å². The normalized spacial score (nSPS) is 12.8. The van der Waals surface area contributed by atoms with Crippen molar-refractivity contribution in [2.24, 2.45) is 0 Å². The van der Waals surface area contributed by atoms with Gasteiger partial charge in [0.1, 0.15) is 5.01 Å². The minimum absolute atomic E-state index is 0.482. The largest absolute Gasteiger partial charge is 0.449 e. The first-order valence-electron chi connectivity index (χ1n) is 8.01. The SMILES string of the molecule is C[C@@H](OC(=O)/C=C/c1nc2ccccc2s1)C(=O)NC(=O)NC(C)(C)C. The summed E-state index contributed by atoms with van der Waals surface area (Å²) in [6, 6.07) is 6.99. The van der Waals surface area contributed by atoms with Crippen LogP contribution in [-0.4, -0.2) is 34.5 Å². The van der Waals surface area contributed by atoms with Crippen molar-refractivity contribution >= 4 is 45.5 Å². The number of thiazole rings is 1. The molecule has 0 aliphatic carbocycles. The number of rotatable bonds is 4. The average Bonchev–Trinajstić information content (AvgIpc) is 2.93. The van der Waals surface area contributed by atoms with Gasteiger partial charge in [0, 0.05) is 11.6 Å². The van der Waals surface area contributed by atoms with Crippen molar-refractivity contribution in [1.29, 1.82) is 0 Å². The number of urea groups is 1. The van der Waals surface area contributed by atoms with Crippen molar-refractivity contribution in [2.45, 2.75) is 39.3 Å². The van der Waals surface area contributed by atoms with E-state index in [1.165, 1.54) is 30.4 Å². The molecule has 2 aromatic rings. The lowest BCUT2D eigenvalue weighted by atomic mass is 10.1. The molecule has 1 atom stereocenters. The first-order valence-corrected chi connectivity index (χ1v) is 8.83. The molecule has 0 unspecified atom stereocenters. The van der Waals surface area contributed by atoms with Crippen LogP contribution in [0.2, 0.25) is 0 Å². The van der Waals surface area contributed by atoms with Gasteiger partial charge in [-0.25, -0.2) is 14.6 Å². The standard InChI is InChI=1S/C18H21N3O4S/c1-11(16(23)20-17(24)21-18(2,3)4)25-15(22)10-9-14-19-12-7-5-6-8-13(12)26-14/h5-11H,1-4H3,(H2,20,21,23,24)/b10-9+/t11-/m1/s1. The van der Waals surface area contributed by atoms with Gasteiger partial charge >= 0.3 is 12.0 Å². The third kappa shape index (κ3) is 5.96. The first-order chi connectivity index (χ1) is 12.1. The molecule has 2 rings (SSSR count). The third-order valence-corrected chi connectivity index (χ3v) is 4.06. The summed E-state index contributed by atoms with van der Waals surface area (Å²) >= 11 is 1.44. The van der Waals surface area contributed by atoms with Gasteiger partial charge in [-0.3, -0.25) is 10.1 Å². The Kier molecular flexibility index (Phi) is 6.10. The molecule has 7 nitrogen and oxygen atoms in total. The second kappa shape index (κ2) is 8.09. The molecule has 1 aromatic heterocycles. The summed E-state index contributed by atoms with van der Waals surface area (Å²) in [4.78, 5) is 39.7. The second-order valence-corrected chi connectivity index (χ2v) is 7.69. The highest BCUT2D eigenvalue weighted by Crippen LogP contribution is 2.22. The second-order valence-electron chi connectivity index (χ2n) is 6.63. The van der Waals surface area contributed by atoms with Gasteiger partial charge in [-0.1, -0.05) is 12.1 Å². The predicted molar refractivity (Wildman–Crippen MR) is 101 cm³/mol. The summed E-state index contributed by atoms with van der Waals surface area (Å²) < 4.78 is 6.01. The van der Waals surface area contributed by atoms with Crippen molar-refractivity contribution < 1.29 is 19.1 Å². The van der Waals surface area contributed by atoms with E-state index in [0.717, 1.165) is 10.2 Å². The molecule has 0 saturated carbocycles. The van der Waals surface area contributed by atoms with Crippen LogP contribution in [0.4, 0.5) is 4.79 Å². The predicted octanol–water partition coefficient (Wildman–Crippen LogP) is 2.87. The number of hydrogen-bond acceptors (Lipinski definition) is 6. The molecule has 0 aliphatic rings. The molecule has 3 amide bonds. The number of amides is 3. The van der Waals surface area contributed by atoms with Gasteiger partial charge < -0.3 is 10.1 Å². The average molecular weight is 375 g/mol. The number of para-hydroxylation sites is 1. The monoisotopic (exact) mass is 375 g/mol. The molecule has 0 radical (unpaired) electrons. The van der Waals surface area contributed by atoms with E-state index in [0.29, 0.717) is 5.01 Å². The van der Waals surface area contributed by atoms with Crippen LogP contribution in [0.5, 0.6) is 0 Å². The third-order valence-electron chi connectivity index (χ3n) is 3.06. The van der Waals surface area contributed by atoms with Crippen molar-refractivity contribution in [3.05, 3.63) is 35.3 Å². The van der Waals surface area contributed by atoms with Crippen LogP contribution >= 0.6 is 11.3 Å². The Morgan fingerprint density at radius 2 is 1.92 bits per heavy atom. The van der Waals surface area contributed by atoms with Crippen LogP contribution in [0.3, 0.4) is 0 Å². The number of nitrogens with zero attached hydrogens (tertiary/aromatic N) is 1. The van der Waals surface area contributed by atoms with Gasteiger partial charge in [-0.05, 0) is 45.9 Å². The fourth-order valence-corrected chi connectivity index (χ4v) is 2.82. The molecular weight excluding hydrogens is 354 g/mol. The maximum Gasteiger partial charge on any atom is 0.331 e. The number of nitrogens with one attached hydrogen (secondary N) is 2. The topological polar surface area (TPSA) is 97.4 Å². The van der Waals surface area contributed by atoms with Crippen LogP contribution < -0.4 is 10.6 Å². The van der Waals surface area contributed by atoms with Crippen LogP contribution in [0.25, 0.3) is 16.3 Å². The molecule has 0 fully saturated rings. The molecule has 138 valence electrons. The zero-order chi connectivity index (χ0) is 19.3. The Morgan fingerprint density at radius 3 is 2.58 bits per heavy atom. The van der Waals surface area contributed by atoms with Crippen LogP contribution in [0.15, 0.2) is 30.3 Å². The van der Waals surface area contributed by atoms with Crippen LogP contribution in [0.1, 0.15) is 32.7 Å². The Hall–Kier alpha value is -2.74. The maximum atomic E-state index is 11.9. The quantitative estimate of drug-likeness (QED) is 0.633. The zero-order valence-corrected chi connectivity index (χ0v) is 15.8. The van der Waals surface area contributed by atoms with Gasteiger partial charge in [0.25, 0.3) is 5.91 Å². The lowest BCUT2D eigenvalue weighted by Gasteiger charge is -2.21. The zero-order valence-electron chi connectivity index (χ0n) is 15.0. The van der Waals surface area contributed by atoms with Crippen molar-refractivity contribution in [3.8, 4) is 0 Å². The number of aromatic nitrogens is 1. The van der Waals surface area contributed by atoms with Gasteiger partial charge in [0.05, 0.1) is 10.2 Å². The Bertz CT molecular complexity index is 818. The highest BCUT2D eigenvalue weighted by Gasteiger charge is 2.21. The van der Waals surface area contributed by atoms with Gasteiger partial charge in [0.15, 0.2) is 6.10 Å². The highest BCUT2D eigenvalue weighted by molar-refractivity contribution is 7.19. The van der Waals surface area contributed by atoms with Crippen molar-refractivity contribution in [1.82, 2.24) is 15.6 Å². The maximum absolute atomic E-state index is 11.9. The fourth-order valence-electron chi connectivity index (χ4n) is 1.95. The lowest BCUT2D eigenvalue weighted by Crippen LogP contribution is -2.50. The Balaban J connectivity index is 1.87. The van der Waals surface area contributed by atoms with Gasteiger partial charge in [-0.15, -0.1) is 11.3 Å². The molecular formula is C18H21N3O4S. The molecule has 1 aromatic carbocycles. The van der Waals surface area contributed by atoms with Gasteiger partial charge in [-0.2, -0.15) is 0 Å². The summed E-state index contributed by atoms with van der Waals surface area (Å²) in [7, 11) is 0. The highest BCUT2D eigenvalue weighted by atomic mass is 32.1. The number of carbonyl (C=O) groups is 3. The van der Waals surface area contributed by atoms with Crippen LogP contribution in [-0.2, 0) is 14.3 Å². The summed E-state index contributed by atoms with van der Waals surface area (Å²) in [5.41, 5.74) is 0.368. The first kappa shape index (κ1) is 19.6. The number of fused-ring (bicyclic) bond motifs is 1. The van der Waals surface area contributed by atoms with E-state index in [1.54, 1.807) is 20.8 Å². The van der Waals surface area contributed by atoms with E-state index in [2.05, 4.69) is 15.6 Å². The van der Waals surface area contributed by atoms with E-state index in [-0.39, 0.29) is 0 Å². The number of imide groups is 1. The minimum atomic E-state index is -1.10. The molecule has 2 N–H and O–H groups in total. The number of hydrogen-bond donors (Lipinski definition) is 2. The van der Waals surface area contributed by atoms with Crippen molar-refractivity contribution in [2.75, 3.05) is 0 Å². The Labute approximate surface area is 155 Å².